The van der Waals surface area contributed by atoms with E-state index in [1.54, 1.807) is 26.0 Å². The first kappa shape index (κ1) is 20.9. The van der Waals surface area contributed by atoms with Gasteiger partial charge in [-0.05, 0) is 42.7 Å². The highest BCUT2D eigenvalue weighted by Gasteiger charge is 2.23. The third-order valence-corrected chi connectivity index (χ3v) is 4.64. The molecule has 0 atom stereocenters. The average Bonchev–Trinajstić information content (AvgIpc) is 3.06. The summed E-state index contributed by atoms with van der Waals surface area (Å²) in [6.45, 7) is 2.81. The molecule has 30 heavy (non-hydrogen) atoms. The fourth-order valence-electron chi connectivity index (χ4n) is 3.14. The number of carbonyl (C=O) groups is 3. The second-order valence-corrected chi connectivity index (χ2v) is 6.68. The van der Waals surface area contributed by atoms with Crippen LogP contribution >= 0.6 is 0 Å². The summed E-state index contributed by atoms with van der Waals surface area (Å²) in [5, 5.41) is 2.69. The van der Waals surface area contributed by atoms with E-state index in [0.717, 1.165) is 11.1 Å². The average molecular weight is 406 g/mol. The van der Waals surface area contributed by atoms with Gasteiger partial charge in [-0.15, -0.1) is 0 Å². The first-order valence-electron chi connectivity index (χ1n) is 9.30. The number of methoxy groups -OCH3 is 1. The van der Waals surface area contributed by atoms with Crippen molar-refractivity contribution in [1.29, 1.82) is 0 Å². The maximum Gasteiger partial charge on any atom is 0.355 e. The van der Waals surface area contributed by atoms with Gasteiger partial charge in [0.15, 0.2) is 6.61 Å². The molecule has 0 fully saturated rings. The van der Waals surface area contributed by atoms with Gasteiger partial charge in [-0.2, -0.15) is 0 Å². The fraction of sp³-hybridized carbons (Fsp3) is 0.174. The number of anilines is 1. The summed E-state index contributed by atoms with van der Waals surface area (Å²) in [7, 11) is 1.27. The van der Waals surface area contributed by atoms with Crippen LogP contribution in [0.4, 0.5) is 5.69 Å². The van der Waals surface area contributed by atoms with Crippen molar-refractivity contribution in [3.8, 4) is 11.1 Å². The minimum Gasteiger partial charge on any atom is -0.465 e. The van der Waals surface area contributed by atoms with Crippen LogP contribution in [0, 0.1) is 13.8 Å². The van der Waals surface area contributed by atoms with E-state index in [1.165, 1.54) is 7.11 Å². The summed E-state index contributed by atoms with van der Waals surface area (Å²) >= 11 is 0. The van der Waals surface area contributed by atoms with Crippen molar-refractivity contribution < 1.29 is 23.9 Å². The summed E-state index contributed by atoms with van der Waals surface area (Å²) in [5.41, 5.74) is 4.01. The number of benzene rings is 2. The number of aromatic nitrogens is 1. The van der Waals surface area contributed by atoms with Crippen molar-refractivity contribution in [2.24, 2.45) is 0 Å². The van der Waals surface area contributed by atoms with Gasteiger partial charge in [0, 0.05) is 11.4 Å². The smallest absolute Gasteiger partial charge is 0.355 e. The third kappa shape index (κ3) is 4.57. The minimum atomic E-state index is -0.722. The van der Waals surface area contributed by atoms with E-state index in [1.807, 2.05) is 42.5 Å². The maximum atomic E-state index is 12.3. The summed E-state index contributed by atoms with van der Waals surface area (Å²) in [4.78, 5) is 39.1. The molecule has 0 aliphatic heterocycles. The van der Waals surface area contributed by atoms with Crippen molar-refractivity contribution in [3.63, 3.8) is 0 Å². The highest BCUT2D eigenvalue weighted by molar-refractivity contribution is 5.99. The molecule has 1 aromatic heterocycles. The Balaban J connectivity index is 1.58. The van der Waals surface area contributed by atoms with Gasteiger partial charge in [0.05, 0.1) is 12.7 Å². The third-order valence-electron chi connectivity index (χ3n) is 4.64. The number of carbonyl (C=O) groups excluding carboxylic acids is 3. The van der Waals surface area contributed by atoms with Gasteiger partial charge in [-0.25, -0.2) is 9.59 Å². The summed E-state index contributed by atoms with van der Waals surface area (Å²) in [5.74, 6) is -1.73. The Kier molecular flexibility index (Phi) is 6.32. The summed E-state index contributed by atoms with van der Waals surface area (Å²) in [6.07, 6.45) is 0. The molecule has 1 heterocycles. The van der Waals surface area contributed by atoms with E-state index in [4.69, 9.17) is 9.47 Å². The second kappa shape index (κ2) is 9.09. The standard InChI is InChI=1S/C23H22N2O5/c1-14-20(22(27)29-3)15(2)24-21(14)23(28)30-13-19(26)25-18-11-9-17(10-12-18)16-7-5-4-6-8-16/h4-12,24H,13H2,1-3H3,(H,25,26). The molecule has 3 rings (SSSR count). The molecule has 2 N–H and O–H groups in total. The van der Waals surface area contributed by atoms with Crippen molar-refractivity contribution >= 4 is 23.5 Å². The molecule has 0 radical (unpaired) electrons. The van der Waals surface area contributed by atoms with Crippen molar-refractivity contribution in [2.75, 3.05) is 19.0 Å². The van der Waals surface area contributed by atoms with Crippen molar-refractivity contribution in [2.45, 2.75) is 13.8 Å². The lowest BCUT2D eigenvalue weighted by Gasteiger charge is -2.08. The van der Waals surface area contributed by atoms with E-state index in [0.29, 0.717) is 16.9 Å². The molecule has 7 heteroatoms. The summed E-state index contributed by atoms with van der Waals surface area (Å²) < 4.78 is 9.80. The highest BCUT2D eigenvalue weighted by Crippen LogP contribution is 2.21. The van der Waals surface area contributed by atoms with Gasteiger partial charge in [0.1, 0.15) is 5.69 Å². The zero-order chi connectivity index (χ0) is 21.7. The molecule has 0 aliphatic carbocycles. The van der Waals surface area contributed by atoms with E-state index in [2.05, 4.69) is 10.3 Å². The molecule has 0 unspecified atom stereocenters. The quantitative estimate of drug-likeness (QED) is 0.606. The number of hydrogen-bond acceptors (Lipinski definition) is 5. The Morgan fingerprint density at radius 1 is 0.900 bits per heavy atom. The lowest BCUT2D eigenvalue weighted by Crippen LogP contribution is -2.21. The first-order valence-corrected chi connectivity index (χ1v) is 9.30. The number of ether oxygens (including phenoxy) is 2. The largest absolute Gasteiger partial charge is 0.465 e. The van der Waals surface area contributed by atoms with E-state index >= 15 is 0 Å². The molecule has 154 valence electrons. The molecule has 1 amide bonds. The number of esters is 2. The zero-order valence-electron chi connectivity index (χ0n) is 16.9. The number of aryl methyl sites for hydroxylation is 1. The van der Waals surface area contributed by atoms with Crippen LogP contribution in [0.1, 0.15) is 32.1 Å². The Hall–Kier alpha value is -3.87. The number of rotatable bonds is 6. The van der Waals surface area contributed by atoms with Gasteiger partial charge in [-0.1, -0.05) is 42.5 Å². The normalized spacial score (nSPS) is 10.4. The molecular formula is C23H22N2O5. The molecule has 0 saturated heterocycles. The second-order valence-electron chi connectivity index (χ2n) is 6.68. The van der Waals surface area contributed by atoms with Crippen molar-refractivity contribution in [3.05, 3.63) is 77.1 Å². The molecule has 0 aliphatic rings. The van der Waals surface area contributed by atoms with Crippen LogP contribution in [0.25, 0.3) is 11.1 Å². The van der Waals surface area contributed by atoms with E-state index in [9.17, 15) is 14.4 Å². The van der Waals surface area contributed by atoms with Crippen LogP contribution in [0.3, 0.4) is 0 Å². The molecule has 0 saturated carbocycles. The number of hydrogen-bond donors (Lipinski definition) is 2. The first-order chi connectivity index (χ1) is 14.4. The van der Waals surface area contributed by atoms with Crippen LogP contribution in [0.15, 0.2) is 54.6 Å². The minimum absolute atomic E-state index is 0.118. The molecular weight excluding hydrogens is 384 g/mol. The van der Waals surface area contributed by atoms with Gasteiger partial charge in [0.2, 0.25) is 0 Å². The van der Waals surface area contributed by atoms with E-state index < -0.39 is 24.5 Å². The fourth-order valence-corrected chi connectivity index (χ4v) is 3.14. The molecule has 2 aromatic carbocycles. The number of H-pyrrole nitrogens is 1. The van der Waals surface area contributed by atoms with Crippen molar-refractivity contribution in [1.82, 2.24) is 4.98 Å². The molecule has 0 bridgehead atoms. The van der Waals surface area contributed by atoms with Gasteiger partial charge in [0.25, 0.3) is 5.91 Å². The maximum absolute atomic E-state index is 12.3. The van der Waals surface area contributed by atoms with Crippen LogP contribution in [0.5, 0.6) is 0 Å². The zero-order valence-corrected chi connectivity index (χ0v) is 16.9. The van der Waals surface area contributed by atoms with Gasteiger partial charge < -0.3 is 19.8 Å². The highest BCUT2D eigenvalue weighted by atomic mass is 16.5. The van der Waals surface area contributed by atoms with Crippen LogP contribution in [0.2, 0.25) is 0 Å². The lowest BCUT2D eigenvalue weighted by molar-refractivity contribution is -0.119. The Morgan fingerprint density at radius 3 is 2.17 bits per heavy atom. The predicted octanol–water partition coefficient (Wildman–Crippen LogP) is 3.88. The Labute approximate surface area is 174 Å². The number of nitrogens with one attached hydrogen (secondary N) is 2. The predicted molar refractivity (Wildman–Crippen MR) is 112 cm³/mol. The van der Waals surface area contributed by atoms with E-state index in [-0.39, 0.29) is 11.3 Å². The van der Waals surface area contributed by atoms with Gasteiger partial charge in [-0.3, -0.25) is 4.79 Å². The molecule has 0 spiro atoms. The van der Waals surface area contributed by atoms with Crippen LogP contribution in [-0.4, -0.2) is 36.5 Å². The van der Waals surface area contributed by atoms with Crippen LogP contribution < -0.4 is 5.32 Å². The monoisotopic (exact) mass is 406 g/mol. The lowest BCUT2D eigenvalue weighted by atomic mass is 10.1. The number of aromatic amines is 1. The summed E-state index contributed by atoms with van der Waals surface area (Å²) in [6, 6.07) is 17.2. The van der Waals surface area contributed by atoms with Crippen LogP contribution in [-0.2, 0) is 14.3 Å². The van der Waals surface area contributed by atoms with Gasteiger partial charge >= 0.3 is 11.9 Å². The Morgan fingerprint density at radius 2 is 1.53 bits per heavy atom. The SMILES string of the molecule is COC(=O)c1c(C)[nH]c(C(=O)OCC(=O)Nc2ccc(-c3ccccc3)cc2)c1C. The molecule has 3 aromatic rings. The topological polar surface area (TPSA) is 97.5 Å². The number of amides is 1. The Bertz CT molecular complexity index is 1070. The molecule has 7 nitrogen and oxygen atoms in total.